The number of hydrogen-bond acceptors (Lipinski definition) is 6. The van der Waals surface area contributed by atoms with Gasteiger partial charge in [0.15, 0.2) is 0 Å². The van der Waals surface area contributed by atoms with Gasteiger partial charge in [0.2, 0.25) is 11.7 Å². The number of rotatable bonds is 9. The van der Waals surface area contributed by atoms with Gasteiger partial charge in [-0.2, -0.15) is 18.2 Å². The van der Waals surface area contributed by atoms with Crippen LogP contribution in [0.5, 0.6) is 11.5 Å². The highest BCUT2D eigenvalue weighted by Gasteiger charge is 2.30. The number of halogens is 3. The summed E-state index contributed by atoms with van der Waals surface area (Å²) in [6.45, 7) is 0.465. The number of ether oxygens (including phenoxy) is 2. The molecule has 0 aliphatic carbocycles. The Hall–Kier alpha value is -4.34. The Balaban J connectivity index is 1.53. The number of benzene rings is 3. The van der Waals surface area contributed by atoms with Crippen LogP contribution in [0.2, 0.25) is 0 Å². The zero-order chi connectivity index (χ0) is 26.4. The van der Waals surface area contributed by atoms with Crippen molar-refractivity contribution in [1.82, 2.24) is 15.0 Å². The molecule has 192 valence electrons. The predicted molar refractivity (Wildman–Crippen MR) is 129 cm³/mol. The van der Waals surface area contributed by atoms with Gasteiger partial charge in [0, 0.05) is 36.7 Å². The molecule has 1 aromatic heterocycles. The molecule has 0 atom stereocenters. The minimum atomic E-state index is -4.48. The molecular formula is C27H24F3N3O4. The molecule has 0 unspecified atom stereocenters. The molecular weight excluding hydrogens is 487 g/mol. The van der Waals surface area contributed by atoms with Crippen molar-refractivity contribution in [2.75, 3.05) is 20.8 Å². The van der Waals surface area contributed by atoms with Crippen LogP contribution < -0.4 is 9.47 Å². The van der Waals surface area contributed by atoms with Gasteiger partial charge in [-0.15, -0.1) is 0 Å². The average molecular weight is 512 g/mol. The fraction of sp³-hybridized carbons (Fsp3) is 0.222. The van der Waals surface area contributed by atoms with Gasteiger partial charge < -0.3 is 18.9 Å². The van der Waals surface area contributed by atoms with Gasteiger partial charge in [-0.1, -0.05) is 35.5 Å². The fourth-order valence-corrected chi connectivity index (χ4v) is 3.68. The second-order valence-corrected chi connectivity index (χ2v) is 8.15. The number of amides is 1. The number of nitrogens with zero attached hydrogens (tertiary/aromatic N) is 3. The molecule has 0 N–H and O–H groups in total. The van der Waals surface area contributed by atoms with Crippen molar-refractivity contribution < 1.29 is 32.0 Å². The summed E-state index contributed by atoms with van der Waals surface area (Å²) in [5, 5.41) is 4.03. The average Bonchev–Trinajstić information content (AvgIpc) is 3.39. The Labute approximate surface area is 211 Å². The number of carbonyl (C=O) groups is 1. The van der Waals surface area contributed by atoms with Crippen molar-refractivity contribution in [2.24, 2.45) is 0 Å². The summed E-state index contributed by atoms with van der Waals surface area (Å²) < 4.78 is 54.8. The lowest BCUT2D eigenvalue weighted by molar-refractivity contribution is -0.137. The zero-order valence-electron chi connectivity index (χ0n) is 20.2. The number of methoxy groups -OCH3 is 2. The number of hydrogen-bond donors (Lipinski definition) is 0. The van der Waals surface area contributed by atoms with Crippen LogP contribution >= 0.6 is 0 Å². The number of carbonyl (C=O) groups excluding carboxylic acids is 1. The van der Waals surface area contributed by atoms with E-state index in [4.69, 9.17) is 14.0 Å². The van der Waals surface area contributed by atoms with Crippen LogP contribution in [0.1, 0.15) is 27.4 Å². The van der Waals surface area contributed by atoms with Gasteiger partial charge in [-0.05, 0) is 42.0 Å². The Morgan fingerprint density at radius 2 is 1.59 bits per heavy atom. The van der Waals surface area contributed by atoms with Gasteiger partial charge in [-0.3, -0.25) is 4.79 Å². The van der Waals surface area contributed by atoms with Crippen LogP contribution in [-0.4, -0.2) is 41.7 Å². The van der Waals surface area contributed by atoms with Gasteiger partial charge >= 0.3 is 6.18 Å². The van der Waals surface area contributed by atoms with E-state index in [0.717, 1.165) is 17.7 Å². The van der Waals surface area contributed by atoms with Crippen molar-refractivity contribution in [3.63, 3.8) is 0 Å². The smallest absolute Gasteiger partial charge is 0.416 e. The molecule has 0 radical (unpaired) electrons. The molecule has 3 aromatic carbocycles. The van der Waals surface area contributed by atoms with Crippen molar-refractivity contribution in [1.29, 1.82) is 0 Å². The molecule has 37 heavy (non-hydrogen) atoms. The third-order valence-electron chi connectivity index (χ3n) is 5.64. The summed E-state index contributed by atoms with van der Waals surface area (Å²) in [6, 6.07) is 18.7. The largest absolute Gasteiger partial charge is 0.497 e. The molecule has 0 aliphatic heterocycles. The first-order valence-corrected chi connectivity index (χ1v) is 11.3. The molecule has 0 aliphatic rings. The standard InChI is InChI=1S/C27H24F3N3O4/c1-35-22-14-20(15-23(16-22)36-2)25-31-24(37-32-25)12-13-33(17-18-6-4-3-5-7-18)26(34)19-8-10-21(11-9-19)27(28,29)30/h3-11,14-16H,12-13,17H2,1-2H3. The molecule has 0 bridgehead atoms. The van der Waals surface area contributed by atoms with E-state index >= 15 is 0 Å². The SMILES string of the molecule is COc1cc(OC)cc(-c2noc(CCN(Cc3ccccc3)C(=O)c3ccc(C(F)(F)F)cc3)n2)c1. The van der Waals surface area contributed by atoms with E-state index in [0.29, 0.717) is 28.8 Å². The summed E-state index contributed by atoms with van der Waals surface area (Å²) in [4.78, 5) is 19.2. The molecule has 1 amide bonds. The number of alkyl halides is 3. The molecule has 0 saturated carbocycles. The lowest BCUT2D eigenvalue weighted by atomic mass is 10.1. The normalized spacial score (nSPS) is 11.3. The fourth-order valence-electron chi connectivity index (χ4n) is 3.68. The first-order chi connectivity index (χ1) is 17.8. The first-order valence-electron chi connectivity index (χ1n) is 11.3. The van der Waals surface area contributed by atoms with Gasteiger partial charge in [0.05, 0.1) is 19.8 Å². The Morgan fingerprint density at radius 1 is 0.946 bits per heavy atom. The maximum Gasteiger partial charge on any atom is 0.416 e. The molecule has 0 saturated heterocycles. The molecule has 0 spiro atoms. The maximum atomic E-state index is 13.2. The van der Waals surface area contributed by atoms with Crippen molar-refractivity contribution in [3.8, 4) is 22.9 Å². The summed E-state index contributed by atoms with van der Waals surface area (Å²) in [5.74, 6) is 1.36. The third kappa shape index (κ3) is 6.46. The van der Waals surface area contributed by atoms with E-state index in [-0.39, 0.29) is 25.1 Å². The van der Waals surface area contributed by atoms with Crippen molar-refractivity contribution in [3.05, 3.63) is 95.4 Å². The number of aromatic nitrogens is 2. The monoisotopic (exact) mass is 511 g/mol. The molecule has 7 nitrogen and oxygen atoms in total. The lowest BCUT2D eigenvalue weighted by Crippen LogP contribution is -2.32. The van der Waals surface area contributed by atoms with Gasteiger partial charge in [0.1, 0.15) is 11.5 Å². The quantitative estimate of drug-likeness (QED) is 0.289. The molecule has 10 heteroatoms. The molecule has 4 aromatic rings. The highest BCUT2D eigenvalue weighted by Crippen LogP contribution is 2.30. The summed E-state index contributed by atoms with van der Waals surface area (Å²) in [7, 11) is 3.07. The zero-order valence-corrected chi connectivity index (χ0v) is 20.2. The van der Waals surface area contributed by atoms with E-state index < -0.39 is 17.6 Å². The Bertz CT molecular complexity index is 1320. The van der Waals surface area contributed by atoms with Crippen LogP contribution in [0.25, 0.3) is 11.4 Å². The van der Waals surface area contributed by atoms with Crippen molar-refractivity contribution >= 4 is 5.91 Å². The predicted octanol–water partition coefficient (Wildman–Crippen LogP) is 5.66. The lowest BCUT2D eigenvalue weighted by Gasteiger charge is -2.22. The van der Waals surface area contributed by atoms with Crippen LogP contribution in [0.15, 0.2) is 77.3 Å². The highest BCUT2D eigenvalue weighted by molar-refractivity contribution is 5.94. The Morgan fingerprint density at radius 3 is 2.19 bits per heavy atom. The topological polar surface area (TPSA) is 77.7 Å². The van der Waals surface area contributed by atoms with E-state index in [1.54, 1.807) is 18.2 Å². The molecule has 1 heterocycles. The van der Waals surface area contributed by atoms with E-state index in [1.165, 1.54) is 31.3 Å². The third-order valence-corrected chi connectivity index (χ3v) is 5.64. The van der Waals surface area contributed by atoms with E-state index in [9.17, 15) is 18.0 Å². The maximum absolute atomic E-state index is 13.2. The van der Waals surface area contributed by atoms with Crippen LogP contribution in [0.4, 0.5) is 13.2 Å². The molecule has 0 fully saturated rings. The van der Waals surface area contributed by atoms with Crippen LogP contribution in [0.3, 0.4) is 0 Å². The van der Waals surface area contributed by atoms with Crippen molar-refractivity contribution in [2.45, 2.75) is 19.1 Å². The van der Waals surface area contributed by atoms with E-state index in [2.05, 4.69) is 10.1 Å². The van der Waals surface area contributed by atoms with E-state index in [1.807, 2.05) is 30.3 Å². The van der Waals surface area contributed by atoms with Gasteiger partial charge in [-0.25, -0.2) is 0 Å². The second-order valence-electron chi connectivity index (χ2n) is 8.15. The minimum absolute atomic E-state index is 0.152. The summed E-state index contributed by atoms with van der Waals surface area (Å²) in [6.07, 6.45) is -4.24. The first kappa shape index (κ1) is 25.7. The van der Waals surface area contributed by atoms with Crippen LogP contribution in [0, 0.1) is 0 Å². The minimum Gasteiger partial charge on any atom is -0.497 e. The van der Waals surface area contributed by atoms with Gasteiger partial charge in [0.25, 0.3) is 5.91 Å². The second kappa shape index (κ2) is 11.2. The molecule has 4 rings (SSSR count). The summed E-state index contributed by atoms with van der Waals surface area (Å²) in [5.41, 5.74) is 0.843. The Kier molecular flexibility index (Phi) is 7.76. The highest BCUT2D eigenvalue weighted by atomic mass is 19.4. The summed E-state index contributed by atoms with van der Waals surface area (Å²) >= 11 is 0. The van der Waals surface area contributed by atoms with Crippen LogP contribution in [-0.2, 0) is 19.1 Å².